The van der Waals surface area contributed by atoms with Crippen LogP contribution in [0, 0.1) is 6.92 Å². The fourth-order valence-corrected chi connectivity index (χ4v) is 2.97. The SMILES string of the molecule is Cc1c(NC(=O)c2ccccc2)cccc1-c1nc2cc(Cl)ccc2o1. The van der Waals surface area contributed by atoms with E-state index in [1.807, 2.05) is 43.3 Å². The summed E-state index contributed by atoms with van der Waals surface area (Å²) in [6.07, 6.45) is 0. The number of anilines is 1. The Morgan fingerprint density at radius 2 is 1.85 bits per heavy atom. The molecule has 0 unspecified atom stereocenters. The zero-order chi connectivity index (χ0) is 18.1. The molecular weight excluding hydrogens is 348 g/mol. The minimum Gasteiger partial charge on any atom is -0.436 e. The van der Waals surface area contributed by atoms with Gasteiger partial charge in [-0.15, -0.1) is 0 Å². The molecule has 0 saturated carbocycles. The number of amides is 1. The summed E-state index contributed by atoms with van der Waals surface area (Å²) in [4.78, 5) is 16.9. The average Bonchev–Trinajstić information content (AvgIpc) is 3.07. The van der Waals surface area contributed by atoms with Gasteiger partial charge in [0.05, 0.1) is 0 Å². The topological polar surface area (TPSA) is 55.1 Å². The first kappa shape index (κ1) is 16.4. The van der Waals surface area contributed by atoms with Gasteiger partial charge in [-0.1, -0.05) is 35.9 Å². The van der Waals surface area contributed by atoms with Crippen LogP contribution >= 0.6 is 11.6 Å². The fraction of sp³-hybridized carbons (Fsp3) is 0.0476. The zero-order valence-electron chi connectivity index (χ0n) is 14.0. The minimum atomic E-state index is -0.157. The summed E-state index contributed by atoms with van der Waals surface area (Å²) in [5.74, 6) is 0.339. The molecule has 26 heavy (non-hydrogen) atoms. The average molecular weight is 363 g/mol. The number of hydrogen-bond donors (Lipinski definition) is 1. The summed E-state index contributed by atoms with van der Waals surface area (Å²) in [6.45, 7) is 1.93. The van der Waals surface area contributed by atoms with Crippen LogP contribution in [0.3, 0.4) is 0 Å². The molecule has 0 fully saturated rings. The molecule has 4 rings (SSSR count). The third kappa shape index (κ3) is 3.07. The van der Waals surface area contributed by atoms with Crippen LogP contribution < -0.4 is 5.32 Å². The Morgan fingerprint density at radius 1 is 1.04 bits per heavy atom. The van der Waals surface area contributed by atoms with Crippen molar-refractivity contribution >= 4 is 34.3 Å². The third-order valence-corrected chi connectivity index (χ3v) is 4.43. The first-order valence-electron chi connectivity index (χ1n) is 8.14. The highest BCUT2D eigenvalue weighted by atomic mass is 35.5. The molecule has 3 aromatic carbocycles. The first-order chi connectivity index (χ1) is 12.6. The van der Waals surface area contributed by atoms with Crippen molar-refractivity contribution in [3.05, 3.63) is 82.9 Å². The Bertz CT molecular complexity index is 1100. The zero-order valence-corrected chi connectivity index (χ0v) is 14.7. The summed E-state index contributed by atoms with van der Waals surface area (Å²) >= 11 is 6.02. The lowest BCUT2D eigenvalue weighted by Crippen LogP contribution is -2.12. The number of benzene rings is 3. The Kier molecular flexibility index (Phi) is 4.19. The van der Waals surface area contributed by atoms with Crippen molar-refractivity contribution in [1.82, 2.24) is 4.98 Å². The van der Waals surface area contributed by atoms with E-state index in [0.717, 1.165) is 16.8 Å². The number of fused-ring (bicyclic) bond motifs is 1. The van der Waals surface area contributed by atoms with Crippen molar-refractivity contribution in [1.29, 1.82) is 0 Å². The predicted octanol–water partition coefficient (Wildman–Crippen LogP) is 5.71. The molecule has 0 bridgehead atoms. The third-order valence-electron chi connectivity index (χ3n) is 4.20. The number of hydrogen-bond acceptors (Lipinski definition) is 3. The molecule has 1 heterocycles. The van der Waals surface area contributed by atoms with E-state index in [9.17, 15) is 4.79 Å². The van der Waals surface area contributed by atoms with Crippen molar-refractivity contribution < 1.29 is 9.21 Å². The highest BCUT2D eigenvalue weighted by molar-refractivity contribution is 6.31. The van der Waals surface area contributed by atoms with E-state index in [1.54, 1.807) is 30.3 Å². The molecule has 1 aromatic heterocycles. The van der Waals surface area contributed by atoms with Gasteiger partial charge >= 0.3 is 0 Å². The number of nitrogens with one attached hydrogen (secondary N) is 1. The summed E-state index contributed by atoms with van der Waals surface area (Å²) in [5.41, 5.74) is 4.40. The second kappa shape index (κ2) is 6.65. The predicted molar refractivity (Wildman–Crippen MR) is 104 cm³/mol. The number of rotatable bonds is 3. The molecule has 0 radical (unpaired) electrons. The number of halogens is 1. The maximum Gasteiger partial charge on any atom is 0.255 e. The Balaban J connectivity index is 1.70. The number of nitrogens with zero attached hydrogens (tertiary/aromatic N) is 1. The molecule has 0 saturated heterocycles. The van der Waals surface area contributed by atoms with E-state index in [-0.39, 0.29) is 5.91 Å². The second-order valence-corrected chi connectivity index (χ2v) is 6.37. The molecule has 0 aliphatic rings. The Labute approximate surface area is 155 Å². The summed E-state index contributed by atoms with van der Waals surface area (Å²) in [6, 6.07) is 20.1. The first-order valence-corrected chi connectivity index (χ1v) is 8.52. The van der Waals surface area contributed by atoms with Crippen LogP contribution in [-0.2, 0) is 0 Å². The highest BCUT2D eigenvalue weighted by Crippen LogP contribution is 2.31. The molecule has 128 valence electrons. The lowest BCUT2D eigenvalue weighted by Gasteiger charge is -2.11. The van der Waals surface area contributed by atoms with Gasteiger partial charge in [0.15, 0.2) is 5.58 Å². The van der Waals surface area contributed by atoms with Gasteiger partial charge in [0.1, 0.15) is 5.52 Å². The van der Waals surface area contributed by atoms with Gasteiger partial charge in [0, 0.05) is 21.8 Å². The molecule has 1 amide bonds. The van der Waals surface area contributed by atoms with E-state index in [0.29, 0.717) is 27.6 Å². The molecule has 4 nitrogen and oxygen atoms in total. The van der Waals surface area contributed by atoms with Crippen LogP contribution in [0.2, 0.25) is 5.02 Å². The molecular formula is C21H15ClN2O2. The largest absolute Gasteiger partial charge is 0.436 e. The summed E-state index contributed by atoms with van der Waals surface area (Å²) in [7, 11) is 0. The quantitative estimate of drug-likeness (QED) is 0.508. The summed E-state index contributed by atoms with van der Waals surface area (Å²) < 4.78 is 5.85. The van der Waals surface area contributed by atoms with E-state index in [2.05, 4.69) is 10.3 Å². The highest BCUT2D eigenvalue weighted by Gasteiger charge is 2.14. The molecule has 5 heteroatoms. The van der Waals surface area contributed by atoms with Crippen molar-refractivity contribution in [3.63, 3.8) is 0 Å². The fourth-order valence-electron chi connectivity index (χ4n) is 2.80. The second-order valence-electron chi connectivity index (χ2n) is 5.93. The van der Waals surface area contributed by atoms with Crippen LogP contribution in [0.5, 0.6) is 0 Å². The molecule has 0 aliphatic heterocycles. The number of carbonyl (C=O) groups is 1. The van der Waals surface area contributed by atoms with Gasteiger partial charge in [0.25, 0.3) is 5.91 Å². The van der Waals surface area contributed by atoms with E-state index >= 15 is 0 Å². The van der Waals surface area contributed by atoms with Crippen LogP contribution in [-0.4, -0.2) is 10.9 Å². The van der Waals surface area contributed by atoms with E-state index in [1.165, 1.54) is 0 Å². The Morgan fingerprint density at radius 3 is 2.65 bits per heavy atom. The maximum atomic E-state index is 12.4. The van der Waals surface area contributed by atoms with Crippen molar-refractivity contribution in [2.24, 2.45) is 0 Å². The smallest absolute Gasteiger partial charge is 0.255 e. The number of carbonyl (C=O) groups excluding carboxylic acids is 1. The van der Waals surface area contributed by atoms with Crippen LogP contribution in [0.15, 0.2) is 71.1 Å². The van der Waals surface area contributed by atoms with Crippen LogP contribution in [0.1, 0.15) is 15.9 Å². The van der Waals surface area contributed by atoms with Gasteiger partial charge in [-0.25, -0.2) is 4.98 Å². The molecule has 0 atom stereocenters. The normalized spacial score (nSPS) is 10.8. The maximum absolute atomic E-state index is 12.4. The van der Waals surface area contributed by atoms with E-state index < -0.39 is 0 Å². The standard InChI is InChI=1S/C21H15ClN2O2/c1-13-16(21-24-18-12-15(22)10-11-19(18)26-21)8-5-9-17(13)23-20(25)14-6-3-2-4-7-14/h2-12H,1H3,(H,23,25). The van der Waals surface area contributed by atoms with Gasteiger partial charge in [-0.05, 0) is 55.0 Å². The van der Waals surface area contributed by atoms with Crippen LogP contribution in [0.4, 0.5) is 5.69 Å². The van der Waals surface area contributed by atoms with Crippen molar-refractivity contribution in [2.45, 2.75) is 6.92 Å². The lowest BCUT2D eigenvalue weighted by atomic mass is 10.1. The molecule has 0 spiro atoms. The molecule has 1 N–H and O–H groups in total. The number of oxazole rings is 1. The van der Waals surface area contributed by atoms with Gasteiger partial charge in [-0.3, -0.25) is 4.79 Å². The summed E-state index contributed by atoms with van der Waals surface area (Å²) in [5, 5.41) is 3.56. The molecule has 4 aromatic rings. The molecule has 0 aliphatic carbocycles. The van der Waals surface area contributed by atoms with Gasteiger partial charge < -0.3 is 9.73 Å². The number of aromatic nitrogens is 1. The Hall–Kier alpha value is -3.11. The van der Waals surface area contributed by atoms with Crippen molar-refractivity contribution in [2.75, 3.05) is 5.32 Å². The van der Waals surface area contributed by atoms with Crippen molar-refractivity contribution in [3.8, 4) is 11.5 Å². The van der Waals surface area contributed by atoms with Gasteiger partial charge in [-0.2, -0.15) is 0 Å². The minimum absolute atomic E-state index is 0.157. The van der Waals surface area contributed by atoms with E-state index in [4.69, 9.17) is 16.0 Å². The van der Waals surface area contributed by atoms with Gasteiger partial charge in [0.2, 0.25) is 5.89 Å². The van der Waals surface area contributed by atoms with Crippen LogP contribution in [0.25, 0.3) is 22.6 Å². The monoisotopic (exact) mass is 362 g/mol. The lowest BCUT2D eigenvalue weighted by molar-refractivity contribution is 0.102.